The normalized spacial score (nSPS) is 15.9. The highest BCUT2D eigenvalue weighted by atomic mass is 35.5. The molecule has 1 amide bonds. The Hall–Kier alpha value is -3.59. The van der Waals surface area contributed by atoms with Gasteiger partial charge in [0.25, 0.3) is 5.91 Å². The summed E-state index contributed by atoms with van der Waals surface area (Å²) >= 11 is 12.2. The number of allylic oxidation sites excluding steroid dienone is 2. The minimum absolute atomic E-state index is 0.0550. The number of amides is 1. The van der Waals surface area contributed by atoms with Gasteiger partial charge in [0.1, 0.15) is 5.75 Å². The zero-order valence-corrected chi connectivity index (χ0v) is 22.4. The van der Waals surface area contributed by atoms with Crippen LogP contribution < -0.4 is 15.8 Å². The number of fused-ring (bicyclic) bond motifs is 1. The summed E-state index contributed by atoms with van der Waals surface area (Å²) in [5.74, 6) is 0.400. The van der Waals surface area contributed by atoms with Crippen LogP contribution >= 0.6 is 23.2 Å². The summed E-state index contributed by atoms with van der Waals surface area (Å²) in [6, 6.07) is 12.1. The maximum atomic E-state index is 12.8. The zero-order valence-electron chi connectivity index (χ0n) is 20.9. The first kappa shape index (κ1) is 27.4. The molecule has 0 saturated heterocycles. The molecule has 38 heavy (non-hydrogen) atoms. The number of aromatic nitrogens is 3. The molecule has 1 aromatic carbocycles. The van der Waals surface area contributed by atoms with Crippen LogP contribution in [0.15, 0.2) is 89.6 Å². The van der Waals surface area contributed by atoms with Gasteiger partial charge in [0.15, 0.2) is 0 Å². The van der Waals surface area contributed by atoms with Crippen molar-refractivity contribution >= 4 is 29.1 Å². The van der Waals surface area contributed by atoms with E-state index in [1.165, 1.54) is 6.08 Å². The number of ether oxygens (including phenoxy) is 1. The summed E-state index contributed by atoms with van der Waals surface area (Å²) in [5.41, 5.74) is 9.67. The van der Waals surface area contributed by atoms with Gasteiger partial charge < -0.3 is 20.8 Å². The second-order valence-corrected chi connectivity index (χ2v) is 9.60. The molecule has 0 radical (unpaired) electrons. The van der Waals surface area contributed by atoms with Gasteiger partial charge in [0.05, 0.1) is 40.3 Å². The van der Waals surface area contributed by atoms with E-state index in [1.54, 1.807) is 6.33 Å². The topological polar surface area (TPSA) is 109 Å². The monoisotopic (exact) mass is 552 g/mol. The van der Waals surface area contributed by atoms with Gasteiger partial charge in [-0.2, -0.15) is 0 Å². The number of nitrogens with one attached hydrogen (secondary N) is 2. The fourth-order valence-corrected chi connectivity index (χ4v) is 4.86. The molecule has 10 heteroatoms. The highest BCUT2D eigenvalue weighted by Gasteiger charge is 2.28. The molecule has 2 aromatic heterocycles. The van der Waals surface area contributed by atoms with Crippen LogP contribution in [0.25, 0.3) is 0 Å². The third-order valence-corrected chi connectivity index (χ3v) is 6.95. The van der Waals surface area contributed by atoms with Gasteiger partial charge in [-0.15, -0.1) is 0 Å². The molecule has 1 aliphatic rings. The summed E-state index contributed by atoms with van der Waals surface area (Å²) in [4.78, 5) is 27.2. The Bertz CT molecular complexity index is 1320. The van der Waals surface area contributed by atoms with Gasteiger partial charge >= 0.3 is 0 Å². The lowest BCUT2D eigenvalue weighted by molar-refractivity contribution is -0.117. The zero-order chi connectivity index (χ0) is 26.9. The Balaban J connectivity index is 1.51. The summed E-state index contributed by atoms with van der Waals surface area (Å²) < 4.78 is 5.86. The van der Waals surface area contributed by atoms with Crippen LogP contribution in [0.1, 0.15) is 35.0 Å². The standard InChI is InChI=1S/C28H30Cl2N6O2/c1-2-22(29)26(23(30)14-31)28(37)34-15-19-5-3-6-20(13-19)17-36(11-8-21-16-32-18-35-21)24-9-12-38-25-7-4-10-33-27(24)25/h2-7,10,13-14,16,18,24H,1,8-9,11-12,15,17,31H2,(H,32,35)(H,34,37)/b23-14+,26-22-. The molecule has 198 valence electrons. The second kappa shape index (κ2) is 13.3. The van der Waals surface area contributed by atoms with E-state index in [-0.39, 0.29) is 21.7 Å². The third kappa shape index (κ3) is 6.83. The summed E-state index contributed by atoms with van der Waals surface area (Å²) in [5, 5.41) is 3.05. The van der Waals surface area contributed by atoms with Gasteiger partial charge in [-0.3, -0.25) is 14.7 Å². The summed E-state index contributed by atoms with van der Waals surface area (Å²) in [7, 11) is 0. The number of rotatable bonds is 11. The van der Waals surface area contributed by atoms with Crippen molar-refractivity contribution in [1.82, 2.24) is 25.2 Å². The Morgan fingerprint density at radius 2 is 2.13 bits per heavy atom. The molecule has 4 rings (SSSR count). The van der Waals surface area contributed by atoms with Crippen LogP contribution in [0.4, 0.5) is 0 Å². The number of carbonyl (C=O) groups is 1. The van der Waals surface area contributed by atoms with Crippen molar-refractivity contribution in [1.29, 1.82) is 0 Å². The van der Waals surface area contributed by atoms with Crippen molar-refractivity contribution in [3.63, 3.8) is 0 Å². The molecule has 0 saturated carbocycles. The van der Waals surface area contributed by atoms with Crippen molar-refractivity contribution in [2.24, 2.45) is 5.73 Å². The molecule has 0 bridgehead atoms. The first-order valence-corrected chi connectivity index (χ1v) is 13.0. The number of nitrogens with two attached hydrogens (primary N) is 1. The second-order valence-electron chi connectivity index (χ2n) is 8.78. The lowest BCUT2D eigenvalue weighted by Crippen LogP contribution is -2.34. The Morgan fingerprint density at radius 1 is 1.29 bits per heavy atom. The fourth-order valence-electron chi connectivity index (χ4n) is 4.44. The number of H-pyrrole nitrogens is 1. The molecule has 1 aliphatic heterocycles. The predicted molar refractivity (Wildman–Crippen MR) is 149 cm³/mol. The average molecular weight is 553 g/mol. The van der Waals surface area contributed by atoms with Crippen molar-refractivity contribution < 1.29 is 9.53 Å². The van der Waals surface area contributed by atoms with Gasteiger partial charge in [0.2, 0.25) is 0 Å². The van der Waals surface area contributed by atoms with Gasteiger partial charge in [0, 0.05) is 56.8 Å². The largest absolute Gasteiger partial charge is 0.492 e. The molecular weight excluding hydrogens is 523 g/mol. The molecular formula is C28H30Cl2N6O2. The molecule has 0 spiro atoms. The molecule has 4 N–H and O–H groups in total. The Labute approximate surface area is 232 Å². The summed E-state index contributed by atoms with van der Waals surface area (Å²) in [6.07, 6.45) is 9.51. The highest BCUT2D eigenvalue weighted by molar-refractivity contribution is 6.40. The third-order valence-electron chi connectivity index (χ3n) is 6.29. The molecule has 1 atom stereocenters. The molecule has 0 aliphatic carbocycles. The maximum Gasteiger partial charge on any atom is 0.254 e. The number of aromatic amines is 1. The van der Waals surface area contributed by atoms with E-state index < -0.39 is 5.91 Å². The first-order valence-electron chi connectivity index (χ1n) is 12.2. The predicted octanol–water partition coefficient (Wildman–Crippen LogP) is 4.71. The van der Waals surface area contributed by atoms with Crippen LogP contribution in [0, 0.1) is 0 Å². The van der Waals surface area contributed by atoms with Crippen LogP contribution in [0.2, 0.25) is 0 Å². The van der Waals surface area contributed by atoms with E-state index in [2.05, 4.69) is 43.9 Å². The molecule has 1 unspecified atom stereocenters. The minimum atomic E-state index is -0.432. The quantitative estimate of drug-likeness (QED) is 0.235. The first-order chi connectivity index (χ1) is 18.5. The molecule has 3 aromatic rings. The van der Waals surface area contributed by atoms with E-state index in [9.17, 15) is 4.79 Å². The van der Waals surface area contributed by atoms with Crippen LogP contribution in [0.3, 0.4) is 0 Å². The Morgan fingerprint density at radius 3 is 2.89 bits per heavy atom. The number of pyridine rings is 1. The van der Waals surface area contributed by atoms with Crippen molar-refractivity contribution in [3.05, 3.63) is 112 Å². The van der Waals surface area contributed by atoms with E-state index in [1.807, 2.05) is 36.7 Å². The maximum absolute atomic E-state index is 12.8. The van der Waals surface area contributed by atoms with Gasteiger partial charge in [-0.05, 0) is 29.3 Å². The average Bonchev–Trinajstić information content (AvgIpc) is 3.47. The molecule has 8 nitrogen and oxygen atoms in total. The number of nitrogens with zero attached hydrogens (tertiary/aromatic N) is 3. The van der Waals surface area contributed by atoms with Crippen LogP contribution in [-0.4, -0.2) is 38.9 Å². The number of hydrogen-bond acceptors (Lipinski definition) is 6. The fraction of sp³-hybridized carbons (Fsp3) is 0.250. The Kier molecular flexibility index (Phi) is 9.59. The van der Waals surface area contributed by atoms with Crippen LogP contribution in [0.5, 0.6) is 5.75 Å². The van der Waals surface area contributed by atoms with Gasteiger partial charge in [-0.1, -0.05) is 54.0 Å². The van der Waals surface area contributed by atoms with E-state index in [0.717, 1.165) is 53.9 Å². The smallest absolute Gasteiger partial charge is 0.254 e. The highest BCUT2D eigenvalue weighted by Crippen LogP contribution is 2.35. The van der Waals surface area contributed by atoms with E-state index in [4.69, 9.17) is 33.7 Å². The molecule has 3 heterocycles. The number of imidazole rings is 1. The van der Waals surface area contributed by atoms with Crippen molar-refractivity contribution in [2.75, 3.05) is 13.2 Å². The van der Waals surface area contributed by atoms with E-state index >= 15 is 0 Å². The minimum Gasteiger partial charge on any atom is -0.492 e. The number of halogens is 2. The van der Waals surface area contributed by atoms with Crippen molar-refractivity contribution in [2.45, 2.75) is 32.0 Å². The van der Waals surface area contributed by atoms with Crippen LogP contribution in [-0.2, 0) is 24.3 Å². The van der Waals surface area contributed by atoms with Gasteiger partial charge in [-0.25, -0.2) is 4.98 Å². The van der Waals surface area contributed by atoms with Crippen molar-refractivity contribution in [3.8, 4) is 5.75 Å². The lowest BCUT2D eigenvalue weighted by Gasteiger charge is -2.35. The molecule has 0 fully saturated rings. The SMILES string of the molecule is C=C/C(Cl)=C(C(=O)NCc1cccc(CN(CCc2cnc[nH]2)C2CCOc3cccnc32)c1)\C(Cl)=C/N. The van der Waals surface area contributed by atoms with E-state index in [0.29, 0.717) is 19.7 Å². The number of hydrogen-bond donors (Lipinski definition) is 3. The number of carbonyl (C=O) groups excluding carboxylic acids is 1. The summed E-state index contributed by atoms with van der Waals surface area (Å²) in [6.45, 7) is 6.04. The number of benzene rings is 1. The lowest BCUT2D eigenvalue weighted by atomic mass is 10.0.